The van der Waals surface area contributed by atoms with Crippen LogP contribution in [0.4, 0.5) is 0 Å². The molecule has 1 heterocycles. The predicted octanol–water partition coefficient (Wildman–Crippen LogP) is 3.43. The molecule has 2 rings (SSSR count). The molecule has 15 heavy (non-hydrogen) atoms. The van der Waals surface area contributed by atoms with Crippen molar-refractivity contribution >= 4 is 27.7 Å². The summed E-state index contributed by atoms with van der Waals surface area (Å²) < 4.78 is 6.81. The van der Waals surface area contributed by atoms with Gasteiger partial charge in [-0.3, -0.25) is 0 Å². The Kier molecular flexibility index (Phi) is 3.57. The van der Waals surface area contributed by atoms with Crippen LogP contribution in [0.5, 0.6) is 5.88 Å². The lowest BCUT2D eigenvalue weighted by Gasteiger charge is -2.33. The monoisotopic (exact) mass is 287 g/mol. The first kappa shape index (κ1) is 11.3. The van der Waals surface area contributed by atoms with Gasteiger partial charge in [0.1, 0.15) is 6.10 Å². The molecule has 0 N–H and O–H groups in total. The van der Waals surface area contributed by atoms with E-state index in [1.165, 1.54) is 0 Å². The average molecular weight is 288 g/mol. The maximum absolute atomic E-state index is 5.77. The quantitative estimate of drug-likeness (QED) is 0.850. The molecule has 1 saturated carbocycles. The SMILES string of the molecule is CSC1CC(Oc2ccc(Br)c(C)n2)C1. The predicted molar refractivity (Wildman–Crippen MR) is 67.6 cm³/mol. The van der Waals surface area contributed by atoms with E-state index in [1.807, 2.05) is 30.8 Å². The molecule has 4 heteroatoms. The standard InChI is InChI=1S/C11H14BrNOS/c1-7-10(12)3-4-11(13-7)14-8-5-9(6-8)15-2/h3-4,8-9H,5-6H2,1-2H3. The summed E-state index contributed by atoms with van der Waals surface area (Å²) >= 11 is 5.35. The first-order chi connectivity index (χ1) is 7.19. The molecule has 1 aromatic heterocycles. The lowest BCUT2D eigenvalue weighted by atomic mass is 9.95. The molecule has 0 bridgehead atoms. The highest BCUT2D eigenvalue weighted by Gasteiger charge is 2.30. The molecule has 1 aromatic rings. The van der Waals surface area contributed by atoms with Crippen molar-refractivity contribution in [2.24, 2.45) is 0 Å². The minimum Gasteiger partial charge on any atom is -0.474 e. The summed E-state index contributed by atoms with van der Waals surface area (Å²) in [5.41, 5.74) is 0.980. The van der Waals surface area contributed by atoms with Crippen LogP contribution in [-0.4, -0.2) is 22.6 Å². The Hall–Kier alpha value is -0.220. The summed E-state index contributed by atoms with van der Waals surface area (Å²) in [6.07, 6.45) is 4.83. The zero-order valence-corrected chi connectivity index (χ0v) is 11.3. The van der Waals surface area contributed by atoms with Gasteiger partial charge in [0, 0.05) is 15.8 Å². The van der Waals surface area contributed by atoms with Crippen molar-refractivity contribution in [3.63, 3.8) is 0 Å². The van der Waals surface area contributed by atoms with Crippen LogP contribution in [0.25, 0.3) is 0 Å². The Morgan fingerprint density at radius 3 is 2.80 bits per heavy atom. The Morgan fingerprint density at radius 2 is 2.20 bits per heavy atom. The lowest BCUT2D eigenvalue weighted by molar-refractivity contribution is 0.120. The second kappa shape index (κ2) is 4.74. The summed E-state index contributed by atoms with van der Waals surface area (Å²) in [6.45, 7) is 1.97. The highest BCUT2D eigenvalue weighted by atomic mass is 79.9. The van der Waals surface area contributed by atoms with Crippen molar-refractivity contribution < 1.29 is 4.74 Å². The molecule has 0 spiro atoms. The van der Waals surface area contributed by atoms with Gasteiger partial charge in [-0.1, -0.05) is 0 Å². The van der Waals surface area contributed by atoms with E-state index in [0.29, 0.717) is 6.10 Å². The fourth-order valence-corrected chi connectivity index (χ4v) is 2.60. The van der Waals surface area contributed by atoms with Crippen LogP contribution in [0.3, 0.4) is 0 Å². The van der Waals surface area contributed by atoms with Gasteiger partial charge in [0.05, 0.1) is 5.69 Å². The number of aromatic nitrogens is 1. The molecular formula is C11H14BrNOS. The van der Waals surface area contributed by atoms with Crippen LogP contribution in [0.15, 0.2) is 16.6 Å². The molecule has 1 fully saturated rings. The topological polar surface area (TPSA) is 22.1 Å². The number of hydrogen-bond donors (Lipinski definition) is 0. The highest BCUT2D eigenvalue weighted by molar-refractivity contribution is 9.10. The van der Waals surface area contributed by atoms with E-state index in [1.54, 1.807) is 0 Å². The summed E-state index contributed by atoms with van der Waals surface area (Å²) in [6, 6.07) is 3.91. The van der Waals surface area contributed by atoms with E-state index in [4.69, 9.17) is 4.74 Å². The fraction of sp³-hybridized carbons (Fsp3) is 0.545. The van der Waals surface area contributed by atoms with E-state index >= 15 is 0 Å². The number of rotatable bonds is 3. The fourth-order valence-electron chi connectivity index (χ4n) is 1.56. The summed E-state index contributed by atoms with van der Waals surface area (Å²) in [5.74, 6) is 0.750. The Bertz CT molecular complexity index is 352. The van der Waals surface area contributed by atoms with Gasteiger partial charge in [-0.15, -0.1) is 0 Å². The van der Waals surface area contributed by atoms with Crippen molar-refractivity contribution in [1.82, 2.24) is 4.98 Å². The maximum atomic E-state index is 5.77. The number of aryl methyl sites for hydroxylation is 1. The Balaban J connectivity index is 1.92. The number of hydrogen-bond acceptors (Lipinski definition) is 3. The molecule has 0 aromatic carbocycles. The summed E-state index contributed by atoms with van der Waals surface area (Å²) in [5, 5.41) is 0.784. The number of ether oxygens (including phenoxy) is 1. The number of pyridine rings is 1. The van der Waals surface area contributed by atoms with Crippen LogP contribution >= 0.6 is 27.7 Å². The molecular weight excluding hydrogens is 274 g/mol. The third-order valence-electron chi connectivity index (χ3n) is 2.67. The van der Waals surface area contributed by atoms with E-state index in [0.717, 1.165) is 34.1 Å². The second-order valence-corrected chi connectivity index (χ2v) is 5.78. The van der Waals surface area contributed by atoms with Gasteiger partial charge in [-0.2, -0.15) is 11.8 Å². The molecule has 0 atom stereocenters. The third-order valence-corrected chi connectivity index (χ3v) is 4.56. The zero-order valence-electron chi connectivity index (χ0n) is 8.87. The van der Waals surface area contributed by atoms with Gasteiger partial charge in [-0.05, 0) is 48.0 Å². The first-order valence-electron chi connectivity index (χ1n) is 5.01. The maximum Gasteiger partial charge on any atom is 0.213 e. The van der Waals surface area contributed by atoms with Crippen molar-refractivity contribution in [3.8, 4) is 5.88 Å². The van der Waals surface area contributed by atoms with Gasteiger partial charge in [-0.25, -0.2) is 4.98 Å². The summed E-state index contributed by atoms with van der Waals surface area (Å²) in [7, 11) is 0. The Labute approximate surface area is 103 Å². The van der Waals surface area contributed by atoms with Crippen molar-refractivity contribution in [2.75, 3.05) is 6.26 Å². The number of halogens is 1. The van der Waals surface area contributed by atoms with Gasteiger partial charge >= 0.3 is 0 Å². The van der Waals surface area contributed by atoms with Crippen LogP contribution < -0.4 is 4.74 Å². The van der Waals surface area contributed by atoms with Gasteiger partial charge in [0.15, 0.2) is 0 Å². The summed E-state index contributed by atoms with van der Waals surface area (Å²) in [4.78, 5) is 4.37. The second-order valence-electron chi connectivity index (χ2n) is 3.79. The van der Waals surface area contributed by atoms with E-state index in [2.05, 4.69) is 27.2 Å². The van der Waals surface area contributed by atoms with Gasteiger partial charge in [0.25, 0.3) is 0 Å². The van der Waals surface area contributed by atoms with Crippen LogP contribution in [0.2, 0.25) is 0 Å². The molecule has 0 aliphatic heterocycles. The average Bonchev–Trinajstić information content (AvgIpc) is 2.16. The molecule has 82 valence electrons. The molecule has 0 radical (unpaired) electrons. The van der Waals surface area contributed by atoms with Crippen molar-refractivity contribution in [2.45, 2.75) is 31.1 Å². The third kappa shape index (κ3) is 2.67. The van der Waals surface area contributed by atoms with Gasteiger partial charge in [0.2, 0.25) is 5.88 Å². The minimum absolute atomic E-state index is 0.371. The largest absolute Gasteiger partial charge is 0.474 e. The molecule has 0 unspecified atom stereocenters. The highest BCUT2D eigenvalue weighted by Crippen LogP contribution is 2.33. The lowest BCUT2D eigenvalue weighted by Crippen LogP contribution is -2.35. The number of nitrogens with zero attached hydrogens (tertiary/aromatic N) is 1. The van der Waals surface area contributed by atoms with Crippen LogP contribution in [0.1, 0.15) is 18.5 Å². The van der Waals surface area contributed by atoms with E-state index < -0.39 is 0 Å². The minimum atomic E-state index is 0.371. The van der Waals surface area contributed by atoms with Crippen molar-refractivity contribution in [3.05, 3.63) is 22.3 Å². The Morgan fingerprint density at radius 1 is 1.47 bits per heavy atom. The van der Waals surface area contributed by atoms with Crippen molar-refractivity contribution in [1.29, 1.82) is 0 Å². The normalized spacial score (nSPS) is 24.7. The molecule has 1 aliphatic rings. The molecule has 2 nitrogen and oxygen atoms in total. The smallest absolute Gasteiger partial charge is 0.213 e. The van der Waals surface area contributed by atoms with E-state index in [9.17, 15) is 0 Å². The first-order valence-corrected chi connectivity index (χ1v) is 7.09. The molecule has 1 aliphatic carbocycles. The van der Waals surface area contributed by atoms with Crippen LogP contribution in [-0.2, 0) is 0 Å². The van der Waals surface area contributed by atoms with E-state index in [-0.39, 0.29) is 0 Å². The van der Waals surface area contributed by atoms with Crippen LogP contribution in [0, 0.1) is 6.92 Å². The van der Waals surface area contributed by atoms with Gasteiger partial charge < -0.3 is 4.74 Å². The zero-order chi connectivity index (χ0) is 10.8. The number of thioether (sulfide) groups is 1. The molecule has 0 amide bonds. The molecule has 0 saturated heterocycles.